The summed E-state index contributed by atoms with van der Waals surface area (Å²) in [5.41, 5.74) is 0. The summed E-state index contributed by atoms with van der Waals surface area (Å²) < 4.78 is 26.2. The summed E-state index contributed by atoms with van der Waals surface area (Å²) in [6, 6.07) is 1.78. The molecule has 0 radical (unpaired) electrons. The zero-order valence-corrected chi connectivity index (χ0v) is 12.1. The van der Waals surface area contributed by atoms with Gasteiger partial charge in [-0.1, -0.05) is 19.1 Å². The van der Waals surface area contributed by atoms with Crippen molar-refractivity contribution in [2.75, 3.05) is 19.6 Å². The molecular weight excluding hydrogens is 268 g/mol. The lowest BCUT2D eigenvalue weighted by Crippen LogP contribution is -2.33. The molecule has 0 saturated heterocycles. The highest BCUT2D eigenvalue weighted by molar-refractivity contribution is 7.89. The van der Waals surface area contributed by atoms with Crippen LogP contribution in [0.5, 0.6) is 0 Å². The highest BCUT2D eigenvalue weighted by atomic mass is 32.2. The van der Waals surface area contributed by atoms with Crippen LogP contribution in [0.15, 0.2) is 28.5 Å². The predicted molar refractivity (Wildman–Crippen MR) is 74.2 cm³/mol. The van der Waals surface area contributed by atoms with Gasteiger partial charge in [-0.05, 0) is 19.0 Å². The molecule has 0 saturated carbocycles. The van der Waals surface area contributed by atoms with Gasteiger partial charge >= 0.3 is 0 Å². The quantitative estimate of drug-likeness (QED) is 0.840. The fourth-order valence-corrected chi connectivity index (χ4v) is 4.46. The Kier molecular flexibility index (Phi) is 4.55. The van der Waals surface area contributed by atoms with Crippen LogP contribution in [-0.4, -0.2) is 32.4 Å². The molecule has 2 heterocycles. The second-order valence-electron chi connectivity index (χ2n) is 4.15. The maximum Gasteiger partial charge on any atom is 0.244 e. The van der Waals surface area contributed by atoms with Crippen LogP contribution in [-0.2, 0) is 16.6 Å². The number of nitrogens with zero attached hydrogens (tertiary/aromatic N) is 1. The monoisotopic (exact) mass is 286 g/mol. The minimum atomic E-state index is -3.30. The van der Waals surface area contributed by atoms with E-state index in [1.165, 1.54) is 15.6 Å². The Hall–Kier alpha value is -0.690. The normalized spacial score (nSPS) is 17.2. The van der Waals surface area contributed by atoms with Gasteiger partial charge in [0, 0.05) is 29.9 Å². The minimum Gasteiger partial charge on any atom is -0.312 e. The van der Waals surface area contributed by atoms with Crippen molar-refractivity contribution < 1.29 is 8.42 Å². The average molecular weight is 286 g/mol. The van der Waals surface area contributed by atoms with Crippen molar-refractivity contribution in [2.24, 2.45) is 0 Å². The Balaban J connectivity index is 2.14. The zero-order chi connectivity index (χ0) is 13.0. The summed E-state index contributed by atoms with van der Waals surface area (Å²) in [7, 11) is -3.30. The molecule has 0 fully saturated rings. The van der Waals surface area contributed by atoms with Gasteiger partial charge in [0.05, 0.1) is 4.90 Å². The number of nitrogens with one attached hydrogen (secondary N) is 1. The topological polar surface area (TPSA) is 49.4 Å². The predicted octanol–water partition coefficient (Wildman–Crippen LogP) is 1.81. The van der Waals surface area contributed by atoms with Crippen molar-refractivity contribution in [3.05, 3.63) is 28.5 Å². The van der Waals surface area contributed by atoms with Gasteiger partial charge in [-0.15, -0.1) is 11.3 Å². The molecule has 1 aliphatic rings. The van der Waals surface area contributed by atoms with Crippen molar-refractivity contribution in [3.8, 4) is 0 Å². The Bertz CT molecular complexity index is 520. The van der Waals surface area contributed by atoms with Crippen LogP contribution in [0.3, 0.4) is 0 Å². The standard InChI is InChI=1S/C12H18N2O2S2/c1-2-13-9-11-8-12(10-17-11)18(15,16)14-6-4-3-5-7-14/h3-4,8,10,13H,2,5-7,9H2,1H3. The first-order valence-electron chi connectivity index (χ1n) is 6.08. The molecule has 1 aromatic rings. The van der Waals surface area contributed by atoms with E-state index in [0.717, 1.165) is 24.4 Å². The molecule has 100 valence electrons. The number of sulfonamides is 1. The molecule has 1 N–H and O–H groups in total. The Labute approximate surface area is 112 Å². The van der Waals surface area contributed by atoms with Gasteiger partial charge in [-0.3, -0.25) is 0 Å². The van der Waals surface area contributed by atoms with Gasteiger partial charge in [0.1, 0.15) is 0 Å². The SMILES string of the molecule is CCNCc1cc(S(=O)(=O)N2CC=CCC2)cs1. The van der Waals surface area contributed by atoms with Crippen LogP contribution >= 0.6 is 11.3 Å². The first-order valence-corrected chi connectivity index (χ1v) is 8.40. The fraction of sp³-hybridized carbons (Fsp3) is 0.500. The molecular formula is C12H18N2O2S2. The first kappa shape index (κ1) is 13.7. The summed E-state index contributed by atoms with van der Waals surface area (Å²) in [6.45, 7) is 4.72. The lowest BCUT2D eigenvalue weighted by Gasteiger charge is -2.21. The lowest BCUT2D eigenvalue weighted by atomic mass is 10.3. The molecule has 0 aliphatic carbocycles. The van der Waals surface area contributed by atoms with E-state index in [2.05, 4.69) is 5.32 Å². The van der Waals surface area contributed by atoms with Gasteiger partial charge in [-0.2, -0.15) is 4.31 Å². The van der Waals surface area contributed by atoms with E-state index < -0.39 is 10.0 Å². The fourth-order valence-electron chi connectivity index (χ4n) is 1.82. The van der Waals surface area contributed by atoms with Crippen LogP contribution in [0.25, 0.3) is 0 Å². The van der Waals surface area contributed by atoms with Crippen molar-refractivity contribution in [2.45, 2.75) is 24.8 Å². The van der Waals surface area contributed by atoms with Gasteiger partial charge in [-0.25, -0.2) is 8.42 Å². The Morgan fingerprint density at radius 2 is 2.28 bits per heavy atom. The third-order valence-corrected chi connectivity index (χ3v) is 5.77. The molecule has 4 nitrogen and oxygen atoms in total. The minimum absolute atomic E-state index is 0.427. The summed E-state index contributed by atoms with van der Waals surface area (Å²) in [5, 5.41) is 4.94. The summed E-state index contributed by atoms with van der Waals surface area (Å²) in [6.07, 6.45) is 4.73. The van der Waals surface area contributed by atoms with E-state index in [0.29, 0.717) is 18.0 Å². The highest BCUT2D eigenvalue weighted by Gasteiger charge is 2.25. The number of hydrogen-bond donors (Lipinski definition) is 1. The lowest BCUT2D eigenvalue weighted by molar-refractivity contribution is 0.438. The van der Waals surface area contributed by atoms with Crippen LogP contribution in [0.2, 0.25) is 0 Å². The molecule has 6 heteroatoms. The van der Waals surface area contributed by atoms with E-state index in [4.69, 9.17) is 0 Å². The van der Waals surface area contributed by atoms with E-state index in [1.807, 2.05) is 19.1 Å². The Morgan fingerprint density at radius 1 is 1.44 bits per heavy atom. The average Bonchev–Trinajstić information content (AvgIpc) is 2.87. The van der Waals surface area contributed by atoms with Crippen LogP contribution < -0.4 is 5.32 Å². The van der Waals surface area contributed by atoms with E-state index in [-0.39, 0.29) is 0 Å². The van der Waals surface area contributed by atoms with Crippen molar-refractivity contribution in [1.82, 2.24) is 9.62 Å². The first-order chi connectivity index (χ1) is 8.64. The molecule has 1 aliphatic heterocycles. The van der Waals surface area contributed by atoms with Crippen LogP contribution in [0, 0.1) is 0 Å². The van der Waals surface area contributed by atoms with Crippen molar-refractivity contribution >= 4 is 21.4 Å². The Morgan fingerprint density at radius 3 is 2.94 bits per heavy atom. The molecule has 1 aromatic heterocycles. The molecule has 0 amide bonds. The molecule has 0 aromatic carbocycles. The number of rotatable bonds is 5. The van der Waals surface area contributed by atoms with Crippen LogP contribution in [0.1, 0.15) is 18.2 Å². The second kappa shape index (κ2) is 5.97. The second-order valence-corrected chi connectivity index (χ2v) is 7.09. The smallest absolute Gasteiger partial charge is 0.244 e. The van der Waals surface area contributed by atoms with Gasteiger partial charge < -0.3 is 5.32 Å². The van der Waals surface area contributed by atoms with E-state index in [9.17, 15) is 8.42 Å². The van der Waals surface area contributed by atoms with E-state index in [1.54, 1.807) is 11.4 Å². The number of thiophene rings is 1. The van der Waals surface area contributed by atoms with Crippen LogP contribution in [0.4, 0.5) is 0 Å². The highest BCUT2D eigenvalue weighted by Crippen LogP contribution is 2.23. The largest absolute Gasteiger partial charge is 0.312 e. The molecule has 0 unspecified atom stereocenters. The summed E-state index contributed by atoms with van der Waals surface area (Å²) in [4.78, 5) is 1.48. The van der Waals surface area contributed by atoms with Crippen molar-refractivity contribution in [1.29, 1.82) is 0 Å². The van der Waals surface area contributed by atoms with Gasteiger partial charge in [0.2, 0.25) is 10.0 Å². The molecule has 0 bridgehead atoms. The maximum atomic E-state index is 12.4. The third kappa shape index (κ3) is 3.00. The summed E-state index contributed by atoms with van der Waals surface area (Å²) in [5.74, 6) is 0. The van der Waals surface area contributed by atoms with E-state index >= 15 is 0 Å². The molecule has 2 rings (SSSR count). The van der Waals surface area contributed by atoms with Gasteiger partial charge in [0.25, 0.3) is 0 Å². The third-order valence-electron chi connectivity index (χ3n) is 2.84. The number of hydrogen-bond acceptors (Lipinski definition) is 4. The maximum absolute atomic E-state index is 12.4. The summed E-state index contributed by atoms with van der Waals surface area (Å²) >= 11 is 1.49. The molecule has 18 heavy (non-hydrogen) atoms. The zero-order valence-electron chi connectivity index (χ0n) is 10.4. The van der Waals surface area contributed by atoms with Crippen molar-refractivity contribution in [3.63, 3.8) is 0 Å². The van der Waals surface area contributed by atoms with Gasteiger partial charge in [0.15, 0.2) is 0 Å². The molecule has 0 spiro atoms. The molecule has 0 atom stereocenters.